The van der Waals surface area contributed by atoms with Crippen molar-refractivity contribution in [2.75, 3.05) is 11.9 Å². The molecule has 3 N–H and O–H groups in total. The lowest BCUT2D eigenvalue weighted by atomic mass is 10.1. The molecular formula is C15H18N4O3. The van der Waals surface area contributed by atoms with Crippen LogP contribution in [0.15, 0.2) is 40.1 Å². The van der Waals surface area contributed by atoms with Crippen LogP contribution < -0.4 is 21.9 Å². The second kappa shape index (κ2) is 6.86. The van der Waals surface area contributed by atoms with Crippen LogP contribution in [0, 0.1) is 0 Å². The van der Waals surface area contributed by atoms with Crippen molar-refractivity contribution in [3.8, 4) is 0 Å². The van der Waals surface area contributed by atoms with E-state index in [9.17, 15) is 14.4 Å². The molecule has 7 heteroatoms. The van der Waals surface area contributed by atoms with Crippen molar-refractivity contribution < 1.29 is 4.79 Å². The van der Waals surface area contributed by atoms with E-state index < -0.39 is 17.2 Å². The molecule has 2 aromatic rings. The predicted octanol–water partition coefficient (Wildman–Crippen LogP) is 0.435. The third kappa shape index (κ3) is 3.32. The number of nitrogens with one attached hydrogen (secondary N) is 3. The number of anilines is 1. The highest BCUT2D eigenvalue weighted by atomic mass is 16.2. The Bertz CT molecular complexity index is 792. The zero-order chi connectivity index (χ0) is 16.1. The van der Waals surface area contributed by atoms with Gasteiger partial charge in [-0.15, -0.1) is 0 Å². The van der Waals surface area contributed by atoms with Crippen molar-refractivity contribution in [1.82, 2.24) is 14.9 Å². The van der Waals surface area contributed by atoms with E-state index in [0.29, 0.717) is 12.2 Å². The zero-order valence-electron chi connectivity index (χ0n) is 12.5. The molecule has 0 aliphatic carbocycles. The first kappa shape index (κ1) is 15.7. The maximum absolute atomic E-state index is 12.3. The lowest BCUT2D eigenvalue weighted by molar-refractivity contribution is 0.102. The highest BCUT2D eigenvalue weighted by Gasteiger charge is 2.14. The van der Waals surface area contributed by atoms with Gasteiger partial charge in [0.2, 0.25) is 0 Å². The van der Waals surface area contributed by atoms with Gasteiger partial charge >= 0.3 is 5.69 Å². The second-order valence-corrected chi connectivity index (χ2v) is 4.76. The number of nitrogens with zero attached hydrogens (tertiary/aromatic N) is 1. The summed E-state index contributed by atoms with van der Waals surface area (Å²) in [6, 6.07) is 7.33. The van der Waals surface area contributed by atoms with Crippen LogP contribution in [0.25, 0.3) is 0 Å². The lowest BCUT2D eigenvalue weighted by Crippen LogP contribution is -2.37. The number of benzene rings is 1. The molecule has 116 valence electrons. The van der Waals surface area contributed by atoms with Gasteiger partial charge in [-0.3, -0.25) is 14.2 Å². The summed E-state index contributed by atoms with van der Waals surface area (Å²) in [5.41, 5.74) is 0.237. The maximum atomic E-state index is 12.3. The van der Waals surface area contributed by atoms with Crippen LogP contribution >= 0.6 is 0 Å². The molecule has 0 aliphatic rings. The summed E-state index contributed by atoms with van der Waals surface area (Å²) in [4.78, 5) is 37.9. The minimum absolute atomic E-state index is 0.111. The van der Waals surface area contributed by atoms with Gasteiger partial charge in [-0.25, -0.2) is 4.79 Å². The Morgan fingerprint density at radius 2 is 2.00 bits per heavy atom. The highest BCUT2D eigenvalue weighted by Crippen LogP contribution is 2.15. The van der Waals surface area contributed by atoms with Crippen LogP contribution in [-0.2, 0) is 13.6 Å². The number of H-pyrrole nitrogens is 1. The van der Waals surface area contributed by atoms with Gasteiger partial charge < -0.3 is 15.6 Å². The van der Waals surface area contributed by atoms with E-state index >= 15 is 0 Å². The molecule has 0 saturated carbocycles. The number of aromatic amines is 1. The molecular weight excluding hydrogens is 284 g/mol. The number of hydrogen-bond donors (Lipinski definition) is 3. The van der Waals surface area contributed by atoms with Crippen LogP contribution in [0.2, 0.25) is 0 Å². The van der Waals surface area contributed by atoms with Crippen molar-refractivity contribution in [3.05, 3.63) is 62.4 Å². The third-order valence-corrected chi connectivity index (χ3v) is 3.26. The molecule has 22 heavy (non-hydrogen) atoms. The monoisotopic (exact) mass is 302 g/mol. The molecule has 1 amide bonds. The Labute approximate surface area is 127 Å². The van der Waals surface area contributed by atoms with E-state index in [2.05, 4.69) is 15.6 Å². The molecule has 0 unspecified atom stereocenters. The molecule has 0 aliphatic heterocycles. The summed E-state index contributed by atoms with van der Waals surface area (Å²) in [6.45, 7) is 3.41. The average Bonchev–Trinajstić information content (AvgIpc) is 2.52. The summed E-state index contributed by atoms with van der Waals surface area (Å²) in [5, 5.41) is 5.89. The molecule has 0 fully saturated rings. The maximum Gasteiger partial charge on any atom is 0.328 e. The fourth-order valence-electron chi connectivity index (χ4n) is 1.97. The Morgan fingerprint density at radius 3 is 2.73 bits per heavy atom. The van der Waals surface area contributed by atoms with Crippen LogP contribution in [0.3, 0.4) is 0 Å². The van der Waals surface area contributed by atoms with Gasteiger partial charge in [0.25, 0.3) is 11.5 Å². The summed E-state index contributed by atoms with van der Waals surface area (Å²) >= 11 is 0. The molecule has 1 aromatic carbocycles. The van der Waals surface area contributed by atoms with Gasteiger partial charge in [0.05, 0.1) is 0 Å². The molecule has 0 spiro atoms. The van der Waals surface area contributed by atoms with Crippen molar-refractivity contribution in [2.24, 2.45) is 7.05 Å². The SMILES string of the molecule is CCNCc1ccccc1NC(=O)c1c[nH]c(=O)n(C)c1=O. The lowest BCUT2D eigenvalue weighted by Gasteiger charge is -2.11. The topological polar surface area (TPSA) is 96.0 Å². The largest absolute Gasteiger partial charge is 0.328 e. The minimum atomic E-state index is -0.634. The van der Waals surface area contributed by atoms with Crippen LogP contribution in [0.4, 0.5) is 5.69 Å². The first-order chi connectivity index (χ1) is 10.5. The minimum Gasteiger partial charge on any atom is -0.321 e. The number of aromatic nitrogens is 2. The van der Waals surface area contributed by atoms with Crippen molar-refractivity contribution in [2.45, 2.75) is 13.5 Å². The summed E-state index contributed by atoms with van der Waals surface area (Å²) in [7, 11) is 1.32. The number of carbonyl (C=O) groups excluding carboxylic acids is 1. The molecule has 0 radical (unpaired) electrons. The number of rotatable bonds is 5. The second-order valence-electron chi connectivity index (χ2n) is 4.76. The van der Waals surface area contributed by atoms with Gasteiger partial charge in [0.15, 0.2) is 0 Å². The van der Waals surface area contributed by atoms with Crippen molar-refractivity contribution >= 4 is 11.6 Å². The smallest absolute Gasteiger partial charge is 0.321 e. The normalized spacial score (nSPS) is 10.5. The van der Waals surface area contributed by atoms with Crippen LogP contribution in [0.1, 0.15) is 22.8 Å². The number of para-hydroxylation sites is 1. The van der Waals surface area contributed by atoms with E-state index in [1.54, 1.807) is 12.1 Å². The van der Waals surface area contributed by atoms with Crippen LogP contribution in [0.5, 0.6) is 0 Å². The summed E-state index contributed by atoms with van der Waals surface area (Å²) < 4.78 is 0.861. The zero-order valence-corrected chi connectivity index (χ0v) is 12.5. The van der Waals surface area contributed by atoms with E-state index in [1.807, 2.05) is 19.1 Å². The Morgan fingerprint density at radius 1 is 1.27 bits per heavy atom. The fourth-order valence-corrected chi connectivity index (χ4v) is 1.97. The van der Waals surface area contributed by atoms with E-state index in [-0.39, 0.29) is 5.56 Å². The number of amides is 1. The van der Waals surface area contributed by atoms with E-state index in [0.717, 1.165) is 22.9 Å². The standard InChI is InChI=1S/C15H18N4O3/c1-3-16-8-10-6-4-5-7-12(10)18-13(20)11-9-17-15(22)19(2)14(11)21/h4-7,9,16H,3,8H2,1-2H3,(H,17,22)(H,18,20). The van der Waals surface area contributed by atoms with Crippen molar-refractivity contribution in [1.29, 1.82) is 0 Å². The van der Waals surface area contributed by atoms with Gasteiger partial charge in [0.1, 0.15) is 5.56 Å². The molecule has 0 bridgehead atoms. The van der Waals surface area contributed by atoms with Crippen LogP contribution in [-0.4, -0.2) is 22.0 Å². The Hall–Kier alpha value is -2.67. The quantitative estimate of drug-likeness (QED) is 0.746. The highest BCUT2D eigenvalue weighted by molar-refractivity contribution is 6.04. The van der Waals surface area contributed by atoms with Gasteiger partial charge in [-0.2, -0.15) is 0 Å². The molecule has 0 saturated heterocycles. The van der Waals surface area contributed by atoms with Gasteiger partial charge in [-0.05, 0) is 18.2 Å². The third-order valence-electron chi connectivity index (χ3n) is 3.26. The van der Waals surface area contributed by atoms with Crippen molar-refractivity contribution in [3.63, 3.8) is 0 Å². The number of carbonyl (C=O) groups is 1. The first-order valence-corrected chi connectivity index (χ1v) is 6.93. The molecule has 1 heterocycles. The molecule has 0 atom stereocenters. The average molecular weight is 302 g/mol. The number of hydrogen-bond acceptors (Lipinski definition) is 4. The Balaban J connectivity index is 2.28. The first-order valence-electron chi connectivity index (χ1n) is 6.93. The molecule has 7 nitrogen and oxygen atoms in total. The van der Waals surface area contributed by atoms with E-state index in [4.69, 9.17) is 0 Å². The Kier molecular flexibility index (Phi) is 4.90. The van der Waals surface area contributed by atoms with Gasteiger partial charge in [0, 0.05) is 25.5 Å². The molecule has 1 aromatic heterocycles. The summed E-state index contributed by atoms with van der Waals surface area (Å²) in [6.07, 6.45) is 1.13. The fraction of sp³-hybridized carbons (Fsp3) is 0.267. The predicted molar refractivity (Wildman–Crippen MR) is 84.1 cm³/mol. The van der Waals surface area contributed by atoms with E-state index in [1.165, 1.54) is 7.05 Å². The molecule has 2 rings (SSSR count). The summed E-state index contributed by atoms with van der Waals surface area (Å²) in [5.74, 6) is -0.555. The van der Waals surface area contributed by atoms with Gasteiger partial charge in [-0.1, -0.05) is 25.1 Å².